The monoisotopic (exact) mass is 192 g/mol. The van der Waals surface area contributed by atoms with Crippen LogP contribution >= 0.6 is 11.6 Å². The highest BCUT2D eigenvalue weighted by atomic mass is 35.5. The zero-order valence-electron chi connectivity index (χ0n) is 7.68. The van der Waals surface area contributed by atoms with Crippen molar-refractivity contribution in [2.45, 2.75) is 26.1 Å². The summed E-state index contributed by atoms with van der Waals surface area (Å²) in [7, 11) is 1.20. The largest absolute Gasteiger partial charge is 0.468 e. The molecule has 0 aromatic rings. The van der Waals surface area contributed by atoms with E-state index in [9.17, 15) is 9.59 Å². The van der Waals surface area contributed by atoms with Crippen LogP contribution in [0.4, 0.5) is 0 Å². The standard InChI is InChI=1S/C8H13ClO3/c1-8(2,3)6(10)5(9)7(11)12-4/h5H,1-4H3. The maximum absolute atomic E-state index is 11.3. The lowest BCUT2D eigenvalue weighted by atomic mass is 9.89. The van der Waals surface area contributed by atoms with Crippen molar-refractivity contribution in [3.63, 3.8) is 0 Å². The van der Waals surface area contributed by atoms with Crippen LogP contribution in [0.3, 0.4) is 0 Å². The van der Waals surface area contributed by atoms with E-state index in [1.165, 1.54) is 7.11 Å². The second kappa shape index (κ2) is 3.90. The predicted molar refractivity (Wildman–Crippen MR) is 46.1 cm³/mol. The third kappa shape index (κ3) is 2.81. The number of halogens is 1. The average molecular weight is 193 g/mol. The number of carbonyl (C=O) groups is 2. The van der Waals surface area contributed by atoms with Gasteiger partial charge in [-0.2, -0.15) is 0 Å². The number of Topliss-reactive ketones (excluding diaryl/α,β-unsaturated/α-hetero) is 1. The van der Waals surface area contributed by atoms with Crippen LogP contribution in [0, 0.1) is 5.41 Å². The molecule has 0 spiro atoms. The van der Waals surface area contributed by atoms with Gasteiger partial charge in [-0.15, -0.1) is 11.6 Å². The Kier molecular flexibility index (Phi) is 3.71. The predicted octanol–water partition coefficient (Wildman–Crippen LogP) is 1.38. The molecule has 0 aliphatic heterocycles. The summed E-state index contributed by atoms with van der Waals surface area (Å²) in [6, 6.07) is 0. The van der Waals surface area contributed by atoms with E-state index in [0.29, 0.717) is 0 Å². The van der Waals surface area contributed by atoms with Gasteiger partial charge in [-0.3, -0.25) is 4.79 Å². The number of rotatable bonds is 2. The Morgan fingerprint density at radius 1 is 1.33 bits per heavy atom. The molecule has 0 bridgehead atoms. The number of ketones is 1. The Morgan fingerprint density at radius 2 is 1.75 bits per heavy atom. The lowest BCUT2D eigenvalue weighted by Gasteiger charge is -2.18. The lowest BCUT2D eigenvalue weighted by molar-refractivity contribution is -0.144. The Balaban J connectivity index is 4.41. The van der Waals surface area contributed by atoms with Crippen LogP contribution in [0.1, 0.15) is 20.8 Å². The van der Waals surface area contributed by atoms with Crippen molar-refractivity contribution in [3.05, 3.63) is 0 Å². The summed E-state index contributed by atoms with van der Waals surface area (Å²) in [4.78, 5) is 22.2. The first-order chi connectivity index (χ1) is 5.30. The molecule has 0 radical (unpaired) electrons. The van der Waals surface area contributed by atoms with Crippen LogP contribution in [-0.2, 0) is 14.3 Å². The van der Waals surface area contributed by atoms with Gasteiger partial charge in [0.25, 0.3) is 0 Å². The summed E-state index contributed by atoms with van der Waals surface area (Å²) >= 11 is 5.54. The molecule has 4 heteroatoms. The molecule has 70 valence electrons. The topological polar surface area (TPSA) is 43.4 Å². The molecule has 3 nitrogen and oxygen atoms in total. The van der Waals surface area contributed by atoms with Gasteiger partial charge in [-0.05, 0) is 0 Å². The lowest BCUT2D eigenvalue weighted by Crippen LogP contribution is -2.35. The van der Waals surface area contributed by atoms with Gasteiger partial charge in [0.2, 0.25) is 0 Å². The summed E-state index contributed by atoms with van der Waals surface area (Å²) in [6.07, 6.45) is 0. The van der Waals surface area contributed by atoms with Crippen molar-refractivity contribution in [3.8, 4) is 0 Å². The van der Waals surface area contributed by atoms with Crippen LogP contribution < -0.4 is 0 Å². The molecular weight excluding hydrogens is 180 g/mol. The van der Waals surface area contributed by atoms with Gasteiger partial charge >= 0.3 is 5.97 Å². The second-order valence-corrected chi connectivity index (χ2v) is 3.94. The first-order valence-corrected chi connectivity index (χ1v) is 4.00. The van der Waals surface area contributed by atoms with E-state index in [1.54, 1.807) is 20.8 Å². The molecule has 12 heavy (non-hydrogen) atoms. The fourth-order valence-electron chi connectivity index (χ4n) is 0.591. The van der Waals surface area contributed by atoms with Crippen molar-refractivity contribution >= 4 is 23.4 Å². The number of carbonyl (C=O) groups excluding carboxylic acids is 2. The van der Waals surface area contributed by atoms with Crippen molar-refractivity contribution in [1.82, 2.24) is 0 Å². The Morgan fingerprint density at radius 3 is 2.00 bits per heavy atom. The van der Waals surface area contributed by atoms with E-state index >= 15 is 0 Å². The van der Waals surface area contributed by atoms with Crippen molar-refractivity contribution < 1.29 is 14.3 Å². The highest BCUT2D eigenvalue weighted by Gasteiger charge is 2.33. The quantitative estimate of drug-likeness (QED) is 0.377. The number of methoxy groups -OCH3 is 1. The van der Waals surface area contributed by atoms with Crippen LogP contribution in [0.2, 0.25) is 0 Å². The fraction of sp³-hybridized carbons (Fsp3) is 0.750. The first-order valence-electron chi connectivity index (χ1n) is 3.57. The van der Waals surface area contributed by atoms with E-state index < -0.39 is 16.8 Å². The van der Waals surface area contributed by atoms with E-state index in [1.807, 2.05) is 0 Å². The van der Waals surface area contributed by atoms with Crippen LogP contribution in [0.5, 0.6) is 0 Å². The van der Waals surface area contributed by atoms with Crippen LogP contribution in [0.25, 0.3) is 0 Å². The molecule has 0 amide bonds. The van der Waals surface area contributed by atoms with Gasteiger partial charge in [-0.1, -0.05) is 20.8 Å². The Hall–Kier alpha value is -0.570. The molecule has 0 N–H and O–H groups in total. The Labute approximate surface area is 77.0 Å². The number of esters is 1. The molecule has 0 aromatic carbocycles. The van der Waals surface area contributed by atoms with Crippen molar-refractivity contribution in [2.24, 2.45) is 5.41 Å². The van der Waals surface area contributed by atoms with Crippen molar-refractivity contribution in [2.75, 3.05) is 7.11 Å². The highest BCUT2D eigenvalue weighted by Crippen LogP contribution is 2.20. The summed E-state index contributed by atoms with van der Waals surface area (Å²) < 4.78 is 4.34. The van der Waals surface area contributed by atoms with Gasteiger partial charge in [0.15, 0.2) is 11.2 Å². The van der Waals surface area contributed by atoms with E-state index in [0.717, 1.165) is 0 Å². The minimum absolute atomic E-state index is 0.323. The molecule has 0 aliphatic rings. The molecule has 0 rings (SSSR count). The van der Waals surface area contributed by atoms with Gasteiger partial charge in [0, 0.05) is 5.41 Å². The van der Waals surface area contributed by atoms with E-state index in [2.05, 4.69) is 4.74 Å². The summed E-state index contributed by atoms with van der Waals surface area (Å²) in [5.74, 6) is -1.02. The van der Waals surface area contributed by atoms with Gasteiger partial charge < -0.3 is 4.74 Å². The van der Waals surface area contributed by atoms with Gasteiger partial charge in [0.05, 0.1) is 7.11 Å². The maximum Gasteiger partial charge on any atom is 0.331 e. The molecule has 0 aliphatic carbocycles. The molecular formula is C8H13ClO3. The number of ether oxygens (including phenoxy) is 1. The number of hydrogen-bond acceptors (Lipinski definition) is 3. The van der Waals surface area contributed by atoms with Crippen molar-refractivity contribution in [1.29, 1.82) is 0 Å². The Bertz CT molecular complexity index is 193. The van der Waals surface area contributed by atoms with Crippen LogP contribution in [0.15, 0.2) is 0 Å². The SMILES string of the molecule is COC(=O)C(Cl)C(=O)C(C)(C)C. The van der Waals surface area contributed by atoms with Crippen LogP contribution in [-0.4, -0.2) is 24.2 Å². The van der Waals surface area contributed by atoms with E-state index in [4.69, 9.17) is 11.6 Å². The van der Waals surface area contributed by atoms with Gasteiger partial charge in [-0.25, -0.2) is 4.79 Å². The number of hydrogen-bond donors (Lipinski definition) is 0. The first kappa shape index (κ1) is 11.4. The third-order valence-electron chi connectivity index (χ3n) is 1.38. The smallest absolute Gasteiger partial charge is 0.331 e. The molecule has 0 fully saturated rings. The summed E-state index contributed by atoms with van der Waals surface area (Å²) in [6.45, 7) is 5.11. The molecule has 1 atom stereocenters. The van der Waals surface area contributed by atoms with Gasteiger partial charge in [0.1, 0.15) is 0 Å². The number of alkyl halides is 1. The normalized spacial score (nSPS) is 13.8. The summed E-state index contributed by atoms with van der Waals surface area (Å²) in [5, 5.41) is -1.19. The average Bonchev–Trinajstić information content (AvgIpc) is 1.98. The highest BCUT2D eigenvalue weighted by molar-refractivity contribution is 6.41. The summed E-state index contributed by atoms with van der Waals surface area (Å²) in [5.41, 5.74) is -0.611. The van der Waals surface area contributed by atoms with E-state index in [-0.39, 0.29) is 5.78 Å². The molecule has 0 saturated carbocycles. The molecule has 0 aromatic heterocycles. The molecule has 0 heterocycles. The minimum atomic E-state index is -1.19. The molecule has 1 unspecified atom stereocenters. The zero-order valence-corrected chi connectivity index (χ0v) is 8.44. The zero-order chi connectivity index (χ0) is 9.94. The fourth-order valence-corrected chi connectivity index (χ4v) is 1.01. The third-order valence-corrected chi connectivity index (χ3v) is 1.75. The molecule has 0 saturated heterocycles. The maximum atomic E-state index is 11.3. The minimum Gasteiger partial charge on any atom is -0.468 e. The second-order valence-electron chi connectivity index (χ2n) is 3.50.